The van der Waals surface area contributed by atoms with Gasteiger partial charge in [0, 0.05) is 11.0 Å². The average Bonchev–Trinajstić information content (AvgIpc) is 2.59. The minimum atomic E-state index is -0.775. The topological polar surface area (TPSA) is 101 Å². The second kappa shape index (κ2) is 5.52. The number of nitrogens with zero attached hydrogens (tertiary/aromatic N) is 3. The Morgan fingerprint density at radius 3 is 2.72 bits per heavy atom. The maximum atomic E-state index is 11.5. The van der Waals surface area contributed by atoms with Crippen LogP contribution in [0.3, 0.4) is 0 Å². The smallest absolute Gasteiger partial charge is 0.299 e. The summed E-state index contributed by atoms with van der Waals surface area (Å²) < 4.78 is 10.2. The molecule has 0 fully saturated rings. The predicted molar refractivity (Wildman–Crippen MR) is 64.9 cm³/mol. The molecule has 18 heavy (non-hydrogen) atoms. The van der Waals surface area contributed by atoms with Crippen LogP contribution in [0.25, 0.3) is 10.4 Å². The van der Waals surface area contributed by atoms with Gasteiger partial charge in [-0.1, -0.05) is 11.3 Å². The fraction of sp³-hybridized carbons (Fsp3) is 0.400. The van der Waals surface area contributed by atoms with Crippen molar-refractivity contribution >= 4 is 23.7 Å². The fourth-order valence-electron chi connectivity index (χ4n) is 1.10. The van der Waals surface area contributed by atoms with Crippen molar-refractivity contribution in [1.29, 1.82) is 0 Å². The van der Waals surface area contributed by atoms with Gasteiger partial charge in [-0.15, -0.1) is 0 Å². The van der Waals surface area contributed by atoms with Gasteiger partial charge >= 0.3 is 0 Å². The largest absolute Gasteiger partial charge is 0.486 e. The van der Waals surface area contributed by atoms with Crippen LogP contribution in [0.15, 0.2) is 11.2 Å². The maximum absolute atomic E-state index is 11.5. The van der Waals surface area contributed by atoms with E-state index < -0.39 is 11.5 Å². The standard InChI is InChI=1S/C10H11N3O4S/c1-10(2,3)17-6-4-7(16-5-14)18-8(6)9(15)12-13-11/h4-5H,1-3H3. The van der Waals surface area contributed by atoms with E-state index in [-0.39, 0.29) is 22.2 Å². The molecule has 1 rings (SSSR count). The zero-order valence-electron chi connectivity index (χ0n) is 10.0. The van der Waals surface area contributed by atoms with Crippen molar-refractivity contribution in [3.63, 3.8) is 0 Å². The van der Waals surface area contributed by atoms with E-state index in [0.717, 1.165) is 11.3 Å². The third-order valence-corrected chi connectivity index (χ3v) is 2.58. The lowest BCUT2D eigenvalue weighted by Crippen LogP contribution is -2.23. The lowest BCUT2D eigenvalue weighted by Gasteiger charge is -2.20. The Bertz CT molecular complexity index is 512. The van der Waals surface area contributed by atoms with Gasteiger partial charge in [0.15, 0.2) is 5.06 Å². The molecule has 0 spiro atoms. The van der Waals surface area contributed by atoms with Crippen LogP contribution in [0.5, 0.6) is 10.8 Å². The Kier molecular flexibility index (Phi) is 4.30. The monoisotopic (exact) mass is 269 g/mol. The molecule has 1 amide bonds. The first-order chi connectivity index (χ1) is 8.37. The summed E-state index contributed by atoms with van der Waals surface area (Å²) in [6, 6.07) is 1.41. The molecule has 7 nitrogen and oxygen atoms in total. The fourth-order valence-corrected chi connectivity index (χ4v) is 1.88. The van der Waals surface area contributed by atoms with E-state index in [1.807, 2.05) is 0 Å². The van der Waals surface area contributed by atoms with Crippen LogP contribution in [0.4, 0.5) is 0 Å². The van der Waals surface area contributed by atoms with Crippen LogP contribution in [-0.4, -0.2) is 18.0 Å². The Labute approximate surface area is 107 Å². The first kappa shape index (κ1) is 14.0. The van der Waals surface area contributed by atoms with Gasteiger partial charge in [-0.25, -0.2) is 0 Å². The number of ether oxygens (including phenoxy) is 2. The molecule has 1 aromatic heterocycles. The molecule has 0 aliphatic rings. The van der Waals surface area contributed by atoms with Gasteiger partial charge in [-0.3, -0.25) is 9.59 Å². The second-order valence-electron chi connectivity index (χ2n) is 4.18. The first-order valence-corrected chi connectivity index (χ1v) is 5.71. The lowest BCUT2D eigenvalue weighted by molar-refractivity contribution is -0.120. The first-order valence-electron chi connectivity index (χ1n) is 4.90. The quantitative estimate of drug-likeness (QED) is 0.363. The average molecular weight is 269 g/mol. The summed E-state index contributed by atoms with van der Waals surface area (Å²) in [6.45, 7) is 5.64. The molecule has 1 aromatic rings. The molecule has 96 valence electrons. The van der Waals surface area contributed by atoms with Crippen molar-refractivity contribution in [2.24, 2.45) is 5.11 Å². The molecule has 0 bridgehead atoms. The number of hydrogen-bond donors (Lipinski definition) is 0. The summed E-state index contributed by atoms with van der Waals surface area (Å²) in [5, 5.41) is 3.18. The number of rotatable bonds is 4. The molecule has 1 heterocycles. The van der Waals surface area contributed by atoms with Gasteiger partial charge in [0.25, 0.3) is 12.4 Å². The van der Waals surface area contributed by atoms with E-state index in [9.17, 15) is 9.59 Å². The Morgan fingerprint density at radius 2 is 2.22 bits per heavy atom. The Hall–Kier alpha value is -2.05. The Balaban J connectivity index is 3.16. The minimum Gasteiger partial charge on any atom is -0.486 e. The number of azide groups is 1. The summed E-state index contributed by atoms with van der Waals surface area (Å²) in [5.41, 5.74) is 7.71. The van der Waals surface area contributed by atoms with Crippen molar-refractivity contribution < 1.29 is 19.1 Å². The molecular formula is C10H11N3O4S. The molecule has 0 atom stereocenters. The molecule has 8 heteroatoms. The van der Waals surface area contributed by atoms with Gasteiger partial charge in [0.05, 0.1) is 0 Å². The molecule has 0 aliphatic heterocycles. The molecule has 0 unspecified atom stereocenters. The zero-order chi connectivity index (χ0) is 13.8. The number of hydrogen-bond acceptors (Lipinski definition) is 5. The highest BCUT2D eigenvalue weighted by atomic mass is 32.1. The van der Waals surface area contributed by atoms with Crippen molar-refractivity contribution in [3.05, 3.63) is 21.4 Å². The van der Waals surface area contributed by atoms with Gasteiger partial charge < -0.3 is 9.47 Å². The number of carbonyl (C=O) groups is 2. The van der Waals surface area contributed by atoms with Crippen LogP contribution >= 0.6 is 11.3 Å². The van der Waals surface area contributed by atoms with E-state index in [1.54, 1.807) is 20.8 Å². The molecule has 0 radical (unpaired) electrons. The van der Waals surface area contributed by atoms with E-state index in [4.69, 9.17) is 10.3 Å². The maximum Gasteiger partial charge on any atom is 0.299 e. The highest BCUT2D eigenvalue weighted by molar-refractivity contribution is 7.16. The minimum absolute atomic E-state index is 0.0968. The van der Waals surface area contributed by atoms with Gasteiger partial charge in [0.2, 0.25) is 0 Å². The van der Waals surface area contributed by atoms with Crippen LogP contribution in [0.1, 0.15) is 30.4 Å². The third kappa shape index (κ3) is 3.76. The van der Waals surface area contributed by atoms with E-state index in [1.165, 1.54) is 6.07 Å². The molecule has 0 saturated carbocycles. The lowest BCUT2D eigenvalue weighted by atomic mass is 10.2. The van der Waals surface area contributed by atoms with Crippen molar-refractivity contribution in [2.75, 3.05) is 0 Å². The number of carbonyl (C=O) groups excluding carboxylic acids is 2. The van der Waals surface area contributed by atoms with E-state index in [2.05, 4.69) is 14.8 Å². The predicted octanol–water partition coefficient (Wildman–Crippen LogP) is 2.91. The SMILES string of the molecule is CC(C)(C)Oc1cc(OC=O)sc1C(=O)N=[N+]=[N-]. The summed E-state index contributed by atoms with van der Waals surface area (Å²) in [7, 11) is 0. The van der Waals surface area contributed by atoms with Gasteiger partial charge in [-0.2, -0.15) is 0 Å². The summed E-state index contributed by atoms with van der Waals surface area (Å²) >= 11 is 0.880. The molecule has 0 aliphatic carbocycles. The molecule has 0 aromatic carbocycles. The van der Waals surface area contributed by atoms with E-state index in [0.29, 0.717) is 0 Å². The number of thiophene rings is 1. The van der Waals surface area contributed by atoms with Gasteiger partial charge in [-0.05, 0) is 31.4 Å². The van der Waals surface area contributed by atoms with Crippen LogP contribution < -0.4 is 9.47 Å². The molecule has 0 saturated heterocycles. The number of amides is 1. The van der Waals surface area contributed by atoms with Crippen molar-refractivity contribution in [1.82, 2.24) is 0 Å². The summed E-state index contributed by atoms with van der Waals surface area (Å²) in [4.78, 5) is 24.3. The highest BCUT2D eigenvalue weighted by Gasteiger charge is 2.22. The van der Waals surface area contributed by atoms with Crippen LogP contribution in [0.2, 0.25) is 0 Å². The summed E-state index contributed by atoms with van der Waals surface area (Å²) in [5.74, 6) is -0.552. The van der Waals surface area contributed by atoms with E-state index >= 15 is 0 Å². The molecule has 0 N–H and O–H groups in total. The Morgan fingerprint density at radius 1 is 1.56 bits per heavy atom. The normalized spacial score (nSPS) is 10.4. The molecular weight excluding hydrogens is 258 g/mol. The van der Waals surface area contributed by atoms with Crippen molar-refractivity contribution in [3.8, 4) is 10.8 Å². The van der Waals surface area contributed by atoms with Crippen molar-refractivity contribution in [2.45, 2.75) is 26.4 Å². The third-order valence-electron chi connectivity index (χ3n) is 1.59. The summed E-state index contributed by atoms with van der Waals surface area (Å²) in [6.07, 6.45) is 0. The second-order valence-corrected chi connectivity index (χ2v) is 5.20. The highest BCUT2D eigenvalue weighted by Crippen LogP contribution is 2.37. The van der Waals surface area contributed by atoms with Crippen LogP contribution in [0, 0.1) is 0 Å². The van der Waals surface area contributed by atoms with Crippen LogP contribution in [-0.2, 0) is 4.79 Å². The van der Waals surface area contributed by atoms with Gasteiger partial charge in [0.1, 0.15) is 16.2 Å². The zero-order valence-corrected chi connectivity index (χ0v) is 10.9.